The number of hydrogen-bond donors (Lipinski definition) is 0. The molecule has 0 bridgehead atoms. The number of benzene rings is 2. The summed E-state index contributed by atoms with van der Waals surface area (Å²) in [6.45, 7) is 2.50. The average molecular weight is 959 g/mol. The summed E-state index contributed by atoms with van der Waals surface area (Å²) in [5, 5.41) is 0.0999. The Bertz CT molecular complexity index is 2330. The second-order valence-electron chi connectivity index (χ2n) is 14.5. The molecule has 5 heterocycles. The van der Waals surface area contributed by atoms with Gasteiger partial charge in [-0.3, -0.25) is 0 Å². The number of carbonyl (C=O) groups excluding carboxylic acids is 2. The number of aromatic nitrogens is 1. The molecule has 4 aliphatic heterocycles. The van der Waals surface area contributed by atoms with Crippen LogP contribution in [0.2, 0.25) is 0 Å². The number of thioether (sulfide) groups is 5. The van der Waals surface area contributed by atoms with Crippen molar-refractivity contribution in [1.29, 1.82) is 0 Å². The quantitative estimate of drug-likeness (QED) is 0.0751. The number of rotatable bonds is 12. The van der Waals surface area contributed by atoms with Crippen molar-refractivity contribution in [2.45, 2.75) is 79.6 Å². The number of carbonyl (C=O) groups is 2. The van der Waals surface area contributed by atoms with E-state index in [9.17, 15) is 35.5 Å². The van der Waals surface area contributed by atoms with E-state index in [2.05, 4.69) is 0 Å². The van der Waals surface area contributed by atoms with Crippen molar-refractivity contribution in [3.63, 3.8) is 0 Å². The second-order valence-corrected chi connectivity index (χ2v) is 24.6. The third kappa shape index (κ3) is 10.9. The van der Waals surface area contributed by atoms with Crippen molar-refractivity contribution in [3.8, 4) is 0 Å². The molecule has 20 heteroatoms. The van der Waals surface area contributed by atoms with E-state index in [0.29, 0.717) is 40.3 Å². The van der Waals surface area contributed by atoms with E-state index in [1.165, 1.54) is 23.1 Å². The molecule has 3 fully saturated rings. The van der Waals surface area contributed by atoms with Crippen molar-refractivity contribution in [1.82, 2.24) is 4.48 Å². The molecule has 2 aromatic carbocycles. The molecular weight excluding hydrogens is 913 g/mol. The first-order chi connectivity index (χ1) is 28.2. The number of esters is 2. The van der Waals surface area contributed by atoms with Gasteiger partial charge >= 0.3 is 11.9 Å². The predicted octanol–water partition coefficient (Wildman–Crippen LogP) is 7.63. The molecule has 1 aromatic heterocycles. The fourth-order valence-electron chi connectivity index (χ4n) is 7.46. The van der Waals surface area contributed by atoms with Gasteiger partial charge in [-0.05, 0) is 95.4 Å². The third-order valence-corrected chi connectivity index (χ3v) is 19.5. The Balaban J connectivity index is 1.22. The van der Waals surface area contributed by atoms with Gasteiger partial charge in [0.05, 0.1) is 39.1 Å². The largest absolute Gasteiger partial charge is 0.748 e. The van der Waals surface area contributed by atoms with Gasteiger partial charge in [0, 0.05) is 49.3 Å². The maximum atomic E-state index is 13.5. The summed E-state index contributed by atoms with van der Waals surface area (Å²) in [4.78, 5) is 27.6. The van der Waals surface area contributed by atoms with Gasteiger partial charge in [0.25, 0.3) is 5.01 Å². The summed E-state index contributed by atoms with van der Waals surface area (Å²) in [5.41, 5.74) is 2.22. The first kappa shape index (κ1) is 45.3. The SMILES string of the molecule is CCC(=Cc1sc2ccc(C(=O)OC3CCSCCCS3)cc2[n+]1CCCS(=O)(=O)[O-])C=C1Sc2ccc(C(=O)OC3CCSCCCS3)cc2[N+]12CCC2S(=O)(=O)[O-]. The number of aryl methyl sites for hydroxylation is 1. The summed E-state index contributed by atoms with van der Waals surface area (Å²) in [6, 6.07) is 10.5. The molecule has 320 valence electrons. The molecule has 59 heavy (non-hydrogen) atoms. The van der Waals surface area contributed by atoms with Crippen LogP contribution in [0.25, 0.3) is 16.3 Å². The van der Waals surface area contributed by atoms with Crippen LogP contribution >= 0.6 is 70.1 Å². The van der Waals surface area contributed by atoms with Gasteiger partial charge in [-0.1, -0.05) is 18.3 Å². The summed E-state index contributed by atoms with van der Waals surface area (Å²) in [6.07, 6.45) is 8.17. The number of fused-ring (bicyclic) bond motifs is 3. The molecule has 1 spiro atoms. The van der Waals surface area contributed by atoms with Crippen LogP contribution in [-0.2, 0) is 36.3 Å². The van der Waals surface area contributed by atoms with Gasteiger partial charge in [0.1, 0.15) is 15.6 Å². The van der Waals surface area contributed by atoms with Crippen LogP contribution < -0.4 is 9.05 Å². The van der Waals surface area contributed by atoms with Crippen molar-refractivity contribution < 1.29 is 49.6 Å². The molecule has 0 aliphatic carbocycles. The molecule has 0 amide bonds. The van der Waals surface area contributed by atoms with Crippen molar-refractivity contribution >= 4 is 124 Å². The molecule has 4 unspecified atom stereocenters. The number of nitrogens with zero attached hydrogens (tertiary/aromatic N) is 2. The molecular formula is C39H46N2O10S8. The summed E-state index contributed by atoms with van der Waals surface area (Å²) >= 11 is 9.78. The Morgan fingerprint density at radius 3 is 2.10 bits per heavy atom. The van der Waals surface area contributed by atoms with E-state index in [1.807, 2.05) is 53.2 Å². The zero-order valence-corrected chi connectivity index (χ0v) is 38.9. The van der Waals surface area contributed by atoms with E-state index in [-0.39, 0.29) is 34.7 Å². The van der Waals surface area contributed by atoms with Gasteiger partial charge in [0.15, 0.2) is 32.8 Å². The molecule has 12 nitrogen and oxygen atoms in total. The summed E-state index contributed by atoms with van der Waals surface area (Å²) in [7, 11) is -9.23. The summed E-state index contributed by atoms with van der Waals surface area (Å²) in [5.74, 6) is 4.32. The van der Waals surface area contributed by atoms with Gasteiger partial charge in [-0.15, -0.1) is 23.5 Å². The first-order valence-electron chi connectivity index (χ1n) is 19.5. The van der Waals surface area contributed by atoms with Crippen LogP contribution in [0.15, 0.2) is 58.0 Å². The van der Waals surface area contributed by atoms with Crippen molar-refractivity contribution in [2.24, 2.45) is 0 Å². The Hall–Kier alpha value is -1.72. The smallest absolute Gasteiger partial charge is 0.339 e. The number of thiazole rings is 1. The Labute approximate surface area is 371 Å². The van der Waals surface area contributed by atoms with Crippen molar-refractivity contribution in [3.05, 3.63) is 69.2 Å². The minimum absolute atomic E-state index is 0.0497. The average Bonchev–Trinajstić information content (AvgIpc) is 3.66. The lowest BCUT2D eigenvalue weighted by Crippen LogP contribution is -2.66. The van der Waals surface area contributed by atoms with Crippen LogP contribution in [0.3, 0.4) is 0 Å². The molecule has 0 saturated carbocycles. The van der Waals surface area contributed by atoms with Gasteiger partial charge in [0.2, 0.25) is 5.52 Å². The lowest BCUT2D eigenvalue weighted by atomic mass is 10.0. The molecule has 7 rings (SSSR count). The number of allylic oxidation sites excluding steroid dienone is 2. The minimum atomic E-state index is -4.76. The highest BCUT2D eigenvalue weighted by Gasteiger charge is 2.59. The molecule has 3 aromatic rings. The maximum Gasteiger partial charge on any atom is 0.339 e. The van der Waals surface area contributed by atoms with Crippen molar-refractivity contribution in [2.75, 3.05) is 46.8 Å². The third-order valence-electron chi connectivity index (χ3n) is 10.5. The van der Waals surface area contributed by atoms with Crippen LogP contribution in [-0.4, -0.2) is 101 Å². The Morgan fingerprint density at radius 1 is 0.864 bits per heavy atom. The van der Waals surface area contributed by atoms with Crippen LogP contribution in [0.5, 0.6) is 0 Å². The minimum Gasteiger partial charge on any atom is -0.748 e. The lowest BCUT2D eigenvalue weighted by Gasteiger charge is -2.49. The zero-order chi connectivity index (χ0) is 41.8. The highest BCUT2D eigenvalue weighted by Crippen LogP contribution is 2.58. The number of quaternary nitrogens is 1. The standard InChI is InChI=1S/C39H46N2O10S8/c1-2-26(22-33-40(13-3-21-58(44,45)46)29-24-27(6-8-31(29)56-33)38(42)50-36-11-19-52-15-4-17-54-36)23-34-41(14-10-35(41)59(47,48)49)30-25-28(7-9-32(30)57-34)39(43)51-37-12-20-53-16-5-18-55-37/h6-9,22-25,35-37H,2-5,10-21H2,1H3. The highest BCUT2D eigenvalue weighted by molar-refractivity contribution is 8.03. The van der Waals surface area contributed by atoms with E-state index < -0.39 is 43.3 Å². The molecule has 3 saturated heterocycles. The molecule has 4 aliphatic rings. The summed E-state index contributed by atoms with van der Waals surface area (Å²) < 4.78 is 87.7. The fourth-order valence-corrected chi connectivity index (χ4v) is 16.3. The predicted molar refractivity (Wildman–Crippen MR) is 241 cm³/mol. The van der Waals surface area contributed by atoms with Crippen LogP contribution in [0.1, 0.15) is 77.6 Å². The number of ether oxygens (including phenoxy) is 2. The van der Waals surface area contributed by atoms with E-state index in [1.54, 1.807) is 53.9 Å². The number of hydrogen-bond acceptors (Lipinski definition) is 16. The van der Waals surface area contributed by atoms with E-state index in [0.717, 1.165) is 80.4 Å². The highest BCUT2D eigenvalue weighted by atomic mass is 32.2. The van der Waals surface area contributed by atoms with Gasteiger partial charge < -0.3 is 18.6 Å². The lowest BCUT2D eigenvalue weighted by molar-refractivity contribution is -0.668. The Morgan fingerprint density at radius 2 is 1.51 bits per heavy atom. The molecule has 4 atom stereocenters. The van der Waals surface area contributed by atoms with Crippen LogP contribution in [0, 0.1) is 0 Å². The first-order valence-corrected chi connectivity index (χ1v) is 28.6. The fraction of sp³-hybridized carbons (Fsp3) is 0.513. The van der Waals surface area contributed by atoms with Crippen LogP contribution in [0.4, 0.5) is 5.69 Å². The van der Waals surface area contributed by atoms with E-state index >= 15 is 0 Å². The van der Waals surface area contributed by atoms with Gasteiger partial charge in [-0.2, -0.15) is 28.1 Å². The zero-order valence-electron chi connectivity index (χ0n) is 32.4. The molecule has 0 radical (unpaired) electrons. The normalized spacial score (nSPS) is 25.1. The Kier molecular flexibility index (Phi) is 15.2. The maximum absolute atomic E-state index is 13.5. The van der Waals surface area contributed by atoms with E-state index in [4.69, 9.17) is 9.47 Å². The van der Waals surface area contributed by atoms with Gasteiger partial charge in [-0.25, -0.2) is 30.9 Å². The monoisotopic (exact) mass is 958 g/mol. The topological polar surface area (TPSA) is 171 Å². The second kappa shape index (κ2) is 19.8. The molecule has 0 N–H and O–H groups in total.